The number of amides is 2. The van der Waals surface area contributed by atoms with Crippen LogP contribution >= 0.6 is 0 Å². The zero-order valence-corrected chi connectivity index (χ0v) is 19.6. The summed E-state index contributed by atoms with van der Waals surface area (Å²) in [6.07, 6.45) is 6.03. The first kappa shape index (κ1) is 21.3. The van der Waals surface area contributed by atoms with Gasteiger partial charge in [-0.15, -0.1) is 0 Å². The third-order valence-corrected chi connectivity index (χ3v) is 7.82. The molecule has 2 aromatic carbocycles. The fraction of sp³-hybridized carbons (Fsp3) is 0.429. The molecule has 1 N–H and O–H groups in total. The molecule has 0 bridgehead atoms. The largest absolute Gasteiger partial charge is 0.494 e. The van der Waals surface area contributed by atoms with Gasteiger partial charge >= 0.3 is 0 Å². The van der Waals surface area contributed by atoms with Crippen molar-refractivity contribution in [2.45, 2.75) is 63.6 Å². The van der Waals surface area contributed by atoms with E-state index in [1.165, 1.54) is 6.42 Å². The maximum atomic E-state index is 14.0. The van der Waals surface area contributed by atoms with Crippen molar-refractivity contribution in [1.29, 1.82) is 0 Å². The highest BCUT2D eigenvalue weighted by molar-refractivity contribution is 5.98. The number of aromatic amines is 1. The van der Waals surface area contributed by atoms with Gasteiger partial charge in [0.25, 0.3) is 0 Å². The number of H-pyrrole nitrogens is 1. The molecule has 1 unspecified atom stereocenters. The van der Waals surface area contributed by atoms with E-state index in [1.807, 2.05) is 53.1 Å². The molecule has 6 nitrogen and oxygen atoms in total. The summed E-state index contributed by atoms with van der Waals surface area (Å²) in [4.78, 5) is 35.1. The first-order chi connectivity index (χ1) is 16.7. The number of para-hydroxylation sites is 2. The molecule has 2 atom stereocenters. The molecule has 2 amide bonds. The molecule has 6 rings (SSSR count). The van der Waals surface area contributed by atoms with E-state index < -0.39 is 6.04 Å². The van der Waals surface area contributed by atoms with Crippen molar-refractivity contribution in [3.8, 4) is 5.75 Å². The van der Waals surface area contributed by atoms with Crippen molar-refractivity contribution in [3.05, 3.63) is 65.4 Å². The Hall–Kier alpha value is -3.28. The zero-order valence-electron chi connectivity index (χ0n) is 19.6. The van der Waals surface area contributed by atoms with E-state index in [0.717, 1.165) is 59.2 Å². The van der Waals surface area contributed by atoms with Crippen LogP contribution in [0, 0.1) is 0 Å². The summed E-state index contributed by atoms with van der Waals surface area (Å²) >= 11 is 0. The minimum absolute atomic E-state index is 0.0239. The van der Waals surface area contributed by atoms with E-state index in [2.05, 4.69) is 17.1 Å². The van der Waals surface area contributed by atoms with Crippen LogP contribution in [0.3, 0.4) is 0 Å². The molecule has 6 heteroatoms. The summed E-state index contributed by atoms with van der Waals surface area (Å²) in [6.45, 7) is 2.67. The van der Waals surface area contributed by atoms with Gasteiger partial charge in [-0.25, -0.2) is 0 Å². The molecule has 1 aromatic heterocycles. The number of rotatable bonds is 4. The number of fused-ring (bicyclic) bond motifs is 4. The lowest BCUT2D eigenvalue weighted by molar-refractivity contribution is -0.161. The van der Waals surface area contributed by atoms with E-state index in [9.17, 15) is 9.59 Å². The van der Waals surface area contributed by atoms with Crippen molar-refractivity contribution in [2.75, 3.05) is 13.2 Å². The Morgan fingerprint density at radius 3 is 2.59 bits per heavy atom. The Kier molecular flexibility index (Phi) is 5.31. The van der Waals surface area contributed by atoms with Crippen molar-refractivity contribution >= 4 is 22.7 Å². The molecule has 0 radical (unpaired) electrons. The molecule has 176 valence electrons. The molecule has 3 heterocycles. The Bertz CT molecular complexity index is 1240. The number of carbonyl (C=O) groups excluding carboxylic acids is 2. The van der Waals surface area contributed by atoms with Crippen molar-refractivity contribution in [1.82, 2.24) is 14.8 Å². The van der Waals surface area contributed by atoms with Crippen molar-refractivity contribution in [3.63, 3.8) is 0 Å². The maximum Gasteiger partial charge on any atom is 0.246 e. The van der Waals surface area contributed by atoms with Gasteiger partial charge in [-0.1, -0.05) is 55.7 Å². The Morgan fingerprint density at radius 2 is 1.76 bits per heavy atom. The van der Waals surface area contributed by atoms with Gasteiger partial charge in [0.1, 0.15) is 24.4 Å². The molecular weight excluding hydrogens is 426 g/mol. The smallest absolute Gasteiger partial charge is 0.246 e. The van der Waals surface area contributed by atoms with Crippen LogP contribution in [0.4, 0.5) is 0 Å². The van der Waals surface area contributed by atoms with E-state index >= 15 is 0 Å². The minimum Gasteiger partial charge on any atom is -0.494 e. The summed E-state index contributed by atoms with van der Waals surface area (Å²) < 4.78 is 5.99. The summed E-state index contributed by atoms with van der Waals surface area (Å²) in [6, 6.07) is 15.5. The summed E-state index contributed by atoms with van der Waals surface area (Å²) in [5.41, 5.74) is 4.10. The number of piperazine rings is 1. The van der Waals surface area contributed by atoms with Crippen LogP contribution in [0.5, 0.6) is 5.75 Å². The zero-order chi connectivity index (χ0) is 23.2. The number of aromatic nitrogens is 1. The predicted octanol–water partition coefficient (Wildman–Crippen LogP) is 4.58. The SMILES string of the molecule is CCOc1ccccc1C1c2[nH]c3ccccc3c2C[C@H]2C(=O)N(C3CCCCC3)CC(=O)N12. The average Bonchev–Trinajstić information content (AvgIpc) is 3.25. The molecule has 3 aliphatic rings. The lowest BCUT2D eigenvalue weighted by Crippen LogP contribution is -2.65. The second kappa shape index (κ2) is 8.49. The van der Waals surface area contributed by atoms with E-state index in [-0.39, 0.29) is 30.4 Å². The van der Waals surface area contributed by atoms with Gasteiger partial charge in [-0.05, 0) is 37.5 Å². The van der Waals surface area contributed by atoms with Crippen LogP contribution in [0.2, 0.25) is 0 Å². The Morgan fingerprint density at radius 1 is 1.00 bits per heavy atom. The quantitative estimate of drug-likeness (QED) is 0.624. The van der Waals surface area contributed by atoms with E-state index in [0.29, 0.717) is 13.0 Å². The van der Waals surface area contributed by atoms with Crippen LogP contribution in [0.1, 0.15) is 61.9 Å². The van der Waals surface area contributed by atoms with Gasteiger partial charge in [0.05, 0.1) is 6.61 Å². The lowest BCUT2D eigenvalue weighted by Gasteiger charge is -2.49. The predicted molar refractivity (Wildman–Crippen MR) is 131 cm³/mol. The number of hydrogen-bond acceptors (Lipinski definition) is 3. The molecule has 1 aliphatic carbocycles. The highest BCUT2D eigenvalue weighted by Crippen LogP contribution is 2.45. The van der Waals surface area contributed by atoms with Crippen LogP contribution in [-0.4, -0.2) is 51.8 Å². The van der Waals surface area contributed by atoms with Crippen molar-refractivity contribution in [2.24, 2.45) is 0 Å². The van der Waals surface area contributed by atoms with Gasteiger partial charge in [-0.2, -0.15) is 0 Å². The summed E-state index contributed by atoms with van der Waals surface area (Å²) in [7, 11) is 0. The number of carbonyl (C=O) groups is 2. The molecular formula is C28H31N3O3. The van der Waals surface area contributed by atoms with Crippen LogP contribution < -0.4 is 4.74 Å². The number of nitrogens with one attached hydrogen (secondary N) is 1. The highest BCUT2D eigenvalue weighted by Gasteiger charge is 2.50. The van der Waals surface area contributed by atoms with Crippen LogP contribution in [0.15, 0.2) is 48.5 Å². The number of benzene rings is 2. The second-order valence-electron chi connectivity index (χ2n) is 9.72. The molecule has 2 fully saturated rings. The van der Waals surface area contributed by atoms with Gasteiger partial charge in [0, 0.05) is 34.6 Å². The Balaban J connectivity index is 1.50. The Labute approximate surface area is 199 Å². The molecule has 3 aromatic rings. The van der Waals surface area contributed by atoms with Crippen LogP contribution in [-0.2, 0) is 16.0 Å². The number of ether oxygens (including phenoxy) is 1. The average molecular weight is 458 g/mol. The van der Waals surface area contributed by atoms with E-state index in [4.69, 9.17) is 4.74 Å². The van der Waals surface area contributed by atoms with E-state index in [1.54, 1.807) is 0 Å². The lowest BCUT2D eigenvalue weighted by atomic mass is 9.84. The fourth-order valence-electron chi connectivity index (χ4n) is 6.31. The van der Waals surface area contributed by atoms with Crippen LogP contribution in [0.25, 0.3) is 10.9 Å². The monoisotopic (exact) mass is 457 g/mol. The number of hydrogen-bond donors (Lipinski definition) is 1. The molecule has 34 heavy (non-hydrogen) atoms. The fourth-order valence-corrected chi connectivity index (χ4v) is 6.31. The van der Waals surface area contributed by atoms with Gasteiger partial charge < -0.3 is 19.5 Å². The molecule has 0 spiro atoms. The van der Waals surface area contributed by atoms with Gasteiger partial charge in [0.2, 0.25) is 11.8 Å². The first-order valence-corrected chi connectivity index (χ1v) is 12.6. The third-order valence-electron chi connectivity index (χ3n) is 7.82. The second-order valence-corrected chi connectivity index (χ2v) is 9.72. The molecule has 1 saturated heterocycles. The number of nitrogens with zero attached hydrogens (tertiary/aromatic N) is 2. The maximum absolute atomic E-state index is 14.0. The van der Waals surface area contributed by atoms with Gasteiger partial charge in [-0.3, -0.25) is 9.59 Å². The first-order valence-electron chi connectivity index (χ1n) is 12.6. The van der Waals surface area contributed by atoms with Gasteiger partial charge in [0.15, 0.2) is 0 Å². The minimum atomic E-state index is -0.491. The summed E-state index contributed by atoms with van der Waals surface area (Å²) in [5.74, 6) is 0.882. The van der Waals surface area contributed by atoms with Crippen molar-refractivity contribution < 1.29 is 14.3 Å². The standard InChI is InChI=1S/C28H31N3O3/c1-2-34-24-15-9-7-13-20(24)27-26-21(19-12-6-8-14-22(19)29-26)16-23-28(33)30(17-25(32)31(23)27)18-10-4-3-5-11-18/h6-9,12-15,18,23,27,29H,2-5,10-11,16-17H2,1H3/t23-,27?/m0/s1. The molecule has 2 aliphatic heterocycles. The third kappa shape index (κ3) is 3.30. The summed E-state index contributed by atoms with van der Waals surface area (Å²) in [5, 5.41) is 1.13. The highest BCUT2D eigenvalue weighted by atomic mass is 16.5. The molecule has 1 saturated carbocycles. The topological polar surface area (TPSA) is 65.6 Å². The normalized spacial score (nSPS) is 23.2.